The number of halogens is 1. The molecule has 1 amide bonds. The molecule has 0 spiro atoms. The standard InChI is InChI=1S/C14H18FNO2/c1-2-7-16(9-10-3-4-10)14(18)12-6-5-11(17)8-13(12)15/h5-6,8,10,17H,2-4,7,9H2,1H3. The Morgan fingerprint density at radius 1 is 1.50 bits per heavy atom. The van der Waals surface area contributed by atoms with Gasteiger partial charge in [-0.05, 0) is 37.3 Å². The fourth-order valence-corrected chi connectivity index (χ4v) is 2.01. The second-order valence-electron chi connectivity index (χ2n) is 4.86. The van der Waals surface area contributed by atoms with E-state index in [-0.39, 0.29) is 17.2 Å². The maximum atomic E-state index is 13.6. The van der Waals surface area contributed by atoms with Crippen LogP contribution in [0.25, 0.3) is 0 Å². The molecule has 0 heterocycles. The molecule has 2 rings (SSSR count). The molecule has 0 aliphatic heterocycles. The molecule has 0 atom stereocenters. The highest BCUT2D eigenvalue weighted by atomic mass is 19.1. The first-order valence-corrected chi connectivity index (χ1v) is 6.39. The molecule has 3 nitrogen and oxygen atoms in total. The second-order valence-corrected chi connectivity index (χ2v) is 4.86. The van der Waals surface area contributed by atoms with Crippen LogP contribution in [0.15, 0.2) is 18.2 Å². The molecular formula is C14H18FNO2. The summed E-state index contributed by atoms with van der Waals surface area (Å²) in [6.45, 7) is 3.36. The third-order valence-corrected chi connectivity index (χ3v) is 3.14. The van der Waals surface area contributed by atoms with Gasteiger partial charge in [-0.25, -0.2) is 4.39 Å². The molecule has 0 unspecified atom stereocenters. The molecule has 0 aromatic heterocycles. The molecule has 4 heteroatoms. The Morgan fingerprint density at radius 3 is 2.78 bits per heavy atom. The molecule has 1 aliphatic rings. The van der Waals surface area contributed by atoms with Gasteiger partial charge in [0.25, 0.3) is 5.91 Å². The molecule has 98 valence electrons. The van der Waals surface area contributed by atoms with Gasteiger partial charge in [-0.2, -0.15) is 0 Å². The minimum absolute atomic E-state index is 0.0434. The average Bonchev–Trinajstić information content (AvgIpc) is 3.11. The fourth-order valence-electron chi connectivity index (χ4n) is 2.01. The summed E-state index contributed by atoms with van der Waals surface area (Å²) in [5, 5.41) is 9.15. The summed E-state index contributed by atoms with van der Waals surface area (Å²) in [7, 11) is 0. The summed E-state index contributed by atoms with van der Waals surface area (Å²) in [6, 6.07) is 3.68. The fraction of sp³-hybridized carbons (Fsp3) is 0.500. The minimum Gasteiger partial charge on any atom is -0.508 e. The van der Waals surface area contributed by atoms with Gasteiger partial charge in [0.15, 0.2) is 0 Å². The quantitative estimate of drug-likeness (QED) is 0.874. The van der Waals surface area contributed by atoms with Crippen LogP contribution in [-0.2, 0) is 0 Å². The number of carbonyl (C=O) groups is 1. The number of nitrogens with zero attached hydrogens (tertiary/aromatic N) is 1. The van der Waals surface area contributed by atoms with Crippen molar-refractivity contribution in [2.24, 2.45) is 5.92 Å². The lowest BCUT2D eigenvalue weighted by Crippen LogP contribution is -2.34. The lowest BCUT2D eigenvalue weighted by molar-refractivity contribution is 0.0743. The topological polar surface area (TPSA) is 40.5 Å². The Balaban J connectivity index is 2.15. The molecule has 1 aromatic rings. The lowest BCUT2D eigenvalue weighted by Gasteiger charge is -2.22. The van der Waals surface area contributed by atoms with Crippen molar-refractivity contribution in [1.29, 1.82) is 0 Å². The Labute approximate surface area is 106 Å². The number of rotatable bonds is 5. The molecule has 1 N–H and O–H groups in total. The van der Waals surface area contributed by atoms with Gasteiger partial charge < -0.3 is 10.0 Å². The molecule has 18 heavy (non-hydrogen) atoms. The zero-order chi connectivity index (χ0) is 13.1. The Kier molecular flexibility index (Phi) is 3.84. The van der Waals surface area contributed by atoms with Crippen molar-refractivity contribution in [2.45, 2.75) is 26.2 Å². The number of aromatic hydroxyl groups is 1. The number of hydrogen-bond donors (Lipinski definition) is 1. The summed E-state index contributed by atoms with van der Waals surface area (Å²) >= 11 is 0. The summed E-state index contributed by atoms with van der Waals surface area (Å²) in [4.78, 5) is 13.9. The van der Waals surface area contributed by atoms with Gasteiger partial charge in [-0.1, -0.05) is 6.92 Å². The molecule has 0 bridgehead atoms. The van der Waals surface area contributed by atoms with Crippen molar-refractivity contribution in [1.82, 2.24) is 4.90 Å². The summed E-state index contributed by atoms with van der Waals surface area (Å²) < 4.78 is 13.6. The van der Waals surface area contributed by atoms with Gasteiger partial charge in [-0.3, -0.25) is 4.79 Å². The zero-order valence-electron chi connectivity index (χ0n) is 10.5. The highest BCUT2D eigenvalue weighted by molar-refractivity contribution is 5.94. The zero-order valence-corrected chi connectivity index (χ0v) is 10.5. The summed E-state index contributed by atoms with van der Waals surface area (Å²) in [5.41, 5.74) is 0.0434. The number of phenolic OH excluding ortho intramolecular Hbond substituents is 1. The van der Waals surface area contributed by atoms with Crippen LogP contribution in [0.1, 0.15) is 36.5 Å². The van der Waals surface area contributed by atoms with E-state index in [1.807, 2.05) is 6.92 Å². The summed E-state index contributed by atoms with van der Waals surface area (Å²) in [5.74, 6) is -0.507. The number of carbonyl (C=O) groups excluding carboxylic acids is 1. The maximum absolute atomic E-state index is 13.6. The van der Waals surface area contributed by atoms with E-state index in [0.29, 0.717) is 19.0 Å². The van der Waals surface area contributed by atoms with Gasteiger partial charge in [-0.15, -0.1) is 0 Å². The van der Waals surface area contributed by atoms with Crippen LogP contribution >= 0.6 is 0 Å². The predicted octanol–water partition coefficient (Wildman–Crippen LogP) is 2.79. The maximum Gasteiger partial charge on any atom is 0.256 e. The Morgan fingerprint density at radius 2 is 2.22 bits per heavy atom. The van der Waals surface area contributed by atoms with Crippen molar-refractivity contribution < 1.29 is 14.3 Å². The highest BCUT2D eigenvalue weighted by Crippen LogP contribution is 2.30. The van der Waals surface area contributed by atoms with E-state index in [4.69, 9.17) is 5.11 Å². The highest BCUT2D eigenvalue weighted by Gasteiger charge is 2.27. The molecular weight excluding hydrogens is 233 g/mol. The van der Waals surface area contributed by atoms with E-state index in [1.54, 1.807) is 4.90 Å². The monoisotopic (exact) mass is 251 g/mol. The van der Waals surface area contributed by atoms with E-state index in [2.05, 4.69) is 0 Å². The molecule has 1 aromatic carbocycles. The summed E-state index contributed by atoms with van der Waals surface area (Å²) in [6.07, 6.45) is 3.18. The molecule has 0 radical (unpaired) electrons. The first kappa shape index (κ1) is 12.9. The first-order chi connectivity index (χ1) is 8.61. The normalized spacial score (nSPS) is 14.6. The Hall–Kier alpha value is -1.58. The minimum atomic E-state index is -0.656. The molecule has 1 fully saturated rings. The van der Waals surface area contributed by atoms with Crippen LogP contribution in [0, 0.1) is 11.7 Å². The number of phenols is 1. The van der Waals surface area contributed by atoms with E-state index >= 15 is 0 Å². The van der Waals surface area contributed by atoms with E-state index in [0.717, 1.165) is 25.3 Å². The first-order valence-electron chi connectivity index (χ1n) is 6.39. The van der Waals surface area contributed by atoms with Crippen molar-refractivity contribution in [3.63, 3.8) is 0 Å². The van der Waals surface area contributed by atoms with Crippen LogP contribution in [0.2, 0.25) is 0 Å². The third kappa shape index (κ3) is 3.00. The van der Waals surface area contributed by atoms with Crippen LogP contribution in [0.3, 0.4) is 0 Å². The van der Waals surface area contributed by atoms with Gasteiger partial charge in [0.2, 0.25) is 0 Å². The van der Waals surface area contributed by atoms with Gasteiger partial charge in [0.05, 0.1) is 5.56 Å². The molecule has 1 aliphatic carbocycles. The van der Waals surface area contributed by atoms with Crippen LogP contribution in [-0.4, -0.2) is 29.0 Å². The average molecular weight is 251 g/mol. The van der Waals surface area contributed by atoms with Crippen LogP contribution in [0.5, 0.6) is 5.75 Å². The van der Waals surface area contributed by atoms with E-state index < -0.39 is 5.82 Å². The van der Waals surface area contributed by atoms with Crippen molar-refractivity contribution >= 4 is 5.91 Å². The SMILES string of the molecule is CCCN(CC1CC1)C(=O)c1ccc(O)cc1F. The van der Waals surface area contributed by atoms with E-state index in [1.165, 1.54) is 12.1 Å². The number of benzene rings is 1. The van der Waals surface area contributed by atoms with Gasteiger partial charge >= 0.3 is 0 Å². The molecule has 0 saturated heterocycles. The molecule has 1 saturated carbocycles. The lowest BCUT2D eigenvalue weighted by atomic mass is 10.1. The Bertz CT molecular complexity index is 443. The second kappa shape index (κ2) is 5.38. The predicted molar refractivity (Wildman–Crippen MR) is 67.0 cm³/mol. The number of hydrogen-bond acceptors (Lipinski definition) is 2. The van der Waals surface area contributed by atoms with E-state index in [9.17, 15) is 9.18 Å². The largest absolute Gasteiger partial charge is 0.508 e. The number of amides is 1. The van der Waals surface area contributed by atoms with Crippen molar-refractivity contribution in [2.75, 3.05) is 13.1 Å². The van der Waals surface area contributed by atoms with Crippen LogP contribution < -0.4 is 0 Å². The third-order valence-electron chi connectivity index (χ3n) is 3.14. The van der Waals surface area contributed by atoms with Gasteiger partial charge in [0.1, 0.15) is 11.6 Å². The van der Waals surface area contributed by atoms with Gasteiger partial charge in [0, 0.05) is 19.2 Å². The van der Waals surface area contributed by atoms with Crippen molar-refractivity contribution in [3.8, 4) is 5.75 Å². The van der Waals surface area contributed by atoms with Crippen molar-refractivity contribution in [3.05, 3.63) is 29.6 Å². The van der Waals surface area contributed by atoms with Crippen LogP contribution in [0.4, 0.5) is 4.39 Å². The smallest absolute Gasteiger partial charge is 0.256 e.